The number of phenols is 2. The molecule has 5 bridgehead atoms. The van der Waals surface area contributed by atoms with Gasteiger partial charge in [0.05, 0.1) is 28.8 Å². The summed E-state index contributed by atoms with van der Waals surface area (Å²) in [6, 6.07) is 0. The number of carbonyl (C=O) groups excluding carboxylic acids is 2. The molecule has 5 N–H and O–H groups in total. The number of hydrogen-bond donors (Lipinski definition) is 5. The van der Waals surface area contributed by atoms with Gasteiger partial charge in [-0.2, -0.15) is 0 Å². The summed E-state index contributed by atoms with van der Waals surface area (Å²) >= 11 is 0. The summed E-state index contributed by atoms with van der Waals surface area (Å²) in [5.74, 6) is -2.74. The molecule has 0 radical (unpaired) electrons. The Balaban J connectivity index is 1.51. The monoisotopic (exact) mass is 814 g/mol. The van der Waals surface area contributed by atoms with Gasteiger partial charge in [-0.25, -0.2) is 4.99 Å². The molecule has 0 saturated carbocycles. The molecule has 5 heterocycles. The number of aliphatic hydroxyl groups is 2. The van der Waals surface area contributed by atoms with Crippen LogP contribution in [0.4, 0.5) is 5.69 Å². The Hall–Kier alpha value is -4.10. The van der Waals surface area contributed by atoms with Gasteiger partial charge in [0.15, 0.2) is 17.1 Å². The third kappa shape index (κ3) is 8.88. The van der Waals surface area contributed by atoms with Gasteiger partial charge in [0, 0.05) is 61.3 Å². The van der Waals surface area contributed by atoms with Gasteiger partial charge in [-0.15, -0.1) is 0 Å². The van der Waals surface area contributed by atoms with E-state index in [2.05, 4.69) is 42.9 Å². The number of fused-ring (bicyclic) bond motifs is 13. The molecule has 1 amide bonds. The van der Waals surface area contributed by atoms with E-state index in [1.165, 1.54) is 0 Å². The van der Waals surface area contributed by atoms with E-state index in [1.54, 1.807) is 40.7 Å². The molecule has 5 aliphatic heterocycles. The molecule has 1 spiro atoms. The van der Waals surface area contributed by atoms with E-state index < -0.39 is 40.9 Å². The molecular weight excluding hydrogens is 749 g/mol. The number of aromatic hydroxyl groups is 2. The van der Waals surface area contributed by atoms with E-state index in [4.69, 9.17) is 14.5 Å². The fourth-order valence-electron chi connectivity index (χ4n) is 9.47. The molecule has 1 saturated heterocycles. The summed E-state index contributed by atoms with van der Waals surface area (Å²) in [7, 11) is 0. The Morgan fingerprint density at radius 3 is 2.34 bits per heavy atom. The Labute approximate surface area is 348 Å². The molecule has 2 aromatic carbocycles. The number of allylic oxidation sites excluding steroid dienone is 4. The average molecular weight is 815 g/mol. The van der Waals surface area contributed by atoms with Crippen LogP contribution in [0.15, 0.2) is 45.9 Å². The Kier molecular flexibility index (Phi) is 12.6. The van der Waals surface area contributed by atoms with Crippen molar-refractivity contribution in [2.75, 3.05) is 25.0 Å². The molecular formula is C47H66N4O8. The lowest BCUT2D eigenvalue weighted by Gasteiger charge is -2.38. The molecule has 2 aromatic rings. The minimum absolute atomic E-state index is 0.0167. The fourth-order valence-corrected chi connectivity index (χ4v) is 9.47. The molecule has 12 heteroatoms. The van der Waals surface area contributed by atoms with Crippen LogP contribution in [0.5, 0.6) is 17.2 Å². The second-order valence-electron chi connectivity index (χ2n) is 19.1. The summed E-state index contributed by atoms with van der Waals surface area (Å²) in [6.07, 6.45) is 10.8. The van der Waals surface area contributed by atoms with Crippen molar-refractivity contribution in [1.29, 1.82) is 0 Å². The number of anilines is 1. The number of phenolic OH excluding ortho intramolecular Hbond substituents is 2. The lowest BCUT2D eigenvalue weighted by atomic mass is 9.80. The summed E-state index contributed by atoms with van der Waals surface area (Å²) < 4.78 is 12.7. The number of Topliss-reactive ketones (excluding diaryl/α,β-unsaturated/α-hetero) is 1. The van der Waals surface area contributed by atoms with Crippen LogP contribution < -0.4 is 20.8 Å². The van der Waals surface area contributed by atoms with Crippen LogP contribution in [0.25, 0.3) is 10.8 Å². The SMILES string of the molecule is C/C1=C/C=C/[C@H](C)C[C@@H](C)[C@@H](OC(C)(C)O)[C@@H](C)[C@H](O)[C@H](C)C/C=C/C[C@@]2(C)Oc3c(C)c(O)c4c(O)c(c5c(c4c3C2=O)NC2(CCN(CC(C)C)CC2)N=5)=NC1=O. The highest BCUT2D eigenvalue weighted by Gasteiger charge is 2.48. The molecule has 0 unspecified atom stereocenters. The van der Waals surface area contributed by atoms with Crippen molar-refractivity contribution in [3.8, 4) is 17.2 Å². The zero-order chi connectivity index (χ0) is 43.4. The minimum atomic E-state index is -1.41. The zero-order valence-corrected chi connectivity index (χ0v) is 36.8. The number of piperidine rings is 1. The first-order chi connectivity index (χ1) is 27.6. The number of rotatable bonds is 4. The first kappa shape index (κ1) is 44.5. The second kappa shape index (κ2) is 16.7. The van der Waals surface area contributed by atoms with Gasteiger partial charge < -0.3 is 40.1 Å². The van der Waals surface area contributed by atoms with E-state index in [0.717, 1.165) is 19.6 Å². The molecule has 5 aliphatic rings. The van der Waals surface area contributed by atoms with Gasteiger partial charge in [-0.3, -0.25) is 14.6 Å². The first-order valence-corrected chi connectivity index (χ1v) is 21.5. The van der Waals surface area contributed by atoms with E-state index >= 15 is 0 Å². The quantitative estimate of drug-likeness (QED) is 0.126. The van der Waals surface area contributed by atoms with Crippen molar-refractivity contribution >= 4 is 28.2 Å². The maximum Gasteiger partial charge on any atom is 0.273 e. The molecule has 12 nitrogen and oxygen atoms in total. The van der Waals surface area contributed by atoms with Crippen LogP contribution in [0.3, 0.4) is 0 Å². The summed E-state index contributed by atoms with van der Waals surface area (Å²) in [5.41, 5.74) is -0.822. The number of aliphatic hydroxyl groups excluding tert-OH is 1. The molecule has 322 valence electrons. The van der Waals surface area contributed by atoms with Crippen molar-refractivity contribution in [2.45, 2.75) is 138 Å². The highest BCUT2D eigenvalue weighted by atomic mass is 16.6. The van der Waals surface area contributed by atoms with E-state index in [0.29, 0.717) is 48.2 Å². The maximum atomic E-state index is 14.7. The predicted molar refractivity (Wildman–Crippen MR) is 229 cm³/mol. The van der Waals surface area contributed by atoms with Gasteiger partial charge in [-0.05, 0) is 71.1 Å². The van der Waals surface area contributed by atoms with Gasteiger partial charge in [-0.1, -0.05) is 71.9 Å². The van der Waals surface area contributed by atoms with Crippen LogP contribution in [0.2, 0.25) is 0 Å². The third-order valence-corrected chi connectivity index (χ3v) is 12.7. The third-order valence-electron chi connectivity index (χ3n) is 12.7. The second-order valence-corrected chi connectivity index (χ2v) is 19.1. The Morgan fingerprint density at radius 1 is 1.02 bits per heavy atom. The molecule has 7 atom stereocenters. The topological polar surface area (TPSA) is 174 Å². The van der Waals surface area contributed by atoms with Crippen molar-refractivity contribution in [3.05, 3.63) is 57.8 Å². The predicted octanol–water partition coefficient (Wildman–Crippen LogP) is 6.79. The van der Waals surface area contributed by atoms with Crippen LogP contribution in [-0.4, -0.2) is 85.9 Å². The van der Waals surface area contributed by atoms with Gasteiger partial charge in [0.2, 0.25) is 5.78 Å². The number of nitrogens with zero attached hydrogens (tertiary/aromatic N) is 3. The van der Waals surface area contributed by atoms with E-state index in [1.807, 2.05) is 38.2 Å². The lowest BCUT2D eigenvalue weighted by Crippen LogP contribution is -2.47. The highest BCUT2D eigenvalue weighted by Crippen LogP contribution is 2.51. The van der Waals surface area contributed by atoms with E-state index in [9.17, 15) is 30.0 Å². The molecule has 59 heavy (non-hydrogen) atoms. The lowest BCUT2D eigenvalue weighted by molar-refractivity contribution is -0.235. The fraction of sp³-hybridized carbons (Fsp3) is 0.617. The van der Waals surface area contributed by atoms with Crippen molar-refractivity contribution in [1.82, 2.24) is 4.90 Å². The maximum absolute atomic E-state index is 14.7. The number of amides is 1. The number of ether oxygens (including phenoxy) is 2. The largest absolute Gasteiger partial charge is 0.507 e. The number of hydrogen-bond acceptors (Lipinski definition) is 11. The molecule has 7 rings (SSSR count). The number of likely N-dealkylation sites (tertiary alicyclic amines) is 1. The summed E-state index contributed by atoms with van der Waals surface area (Å²) in [5, 5.41) is 50.4. The van der Waals surface area contributed by atoms with Crippen LogP contribution in [0, 0.1) is 36.5 Å². The van der Waals surface area contributed by atoms with Crippen LogP contribution in [-0.2, 0) is 9.53 Å². The van der Waals surface area contributed by atoms with Crippen LogP contribution >= 0.6 is 0 Å². The number of benzene rings is 2. The van der Waals surface area contributed by atoms with Crippen molar-refractivity contribution in [2.24, 2.45) is 39.6 Å². The van der Waals surface area contributed by atoms with E-state index in [-0.39, 0.29) is 74.6 Å². The smallest absolute Gasteiger partial charge is 0.273 e. The van der Waals surface area contributed by atoms with Gasteiger partial charge >= 0.3 is 0 Å². The Bertz CT molecular complexity index is 2190. The van der Waals surface area contributed by atoms with Gasteiger partial charge in [0.1, 0.15) is 27.9 Å². The van der Waals surface area contributed by atoms with Crippen molar-refractivity contribution < 1.29 is 39.5 Å². The summed E-state index contributed by atoms with van der Waals surface area (Å²) in [4.78, 5) is 40.7. The number of carbonyl (C=O) groups is 2. The van der Waals surface area contributed by atoms with Gasteiger partial charge in [0.25, 0.3) is 5.91 Å². The average Bonchev–Trinajstić information content (AvgIpc) is 3.66. The number of ketones is 1. The minimum Gasteiger partial charge on any atom is -0.507 e. The Morgan fingerprint density at radius 2 is 1.69 bits per heavy atom. The first-order valence-electron chi connectivity index (χ1n) is 21.5. The molecule has 0 aromatic heterocycles. The molecule has 1 fully saturated rings. The number of nitrogens with one attached hydrogen (secondary N) is 1. The van der Waals surface area contributed by atoms with Crippen molar-refractivity contribution in [3.63, 3.8) is 0 Å². The zero-order valence-electron chi connectivity index (χ0n) is 36.8. The van der Waals surface area contributed by atoms with Crippen LogP contribution in [0.1, 0.15) is 117 Å². The molecule has 0 aliphatic carbocycles. The standard InChI is InChI=1S/C47H66N4O8/c1-25(2)24-51-21-19-47(20-22-51)49-35-32-33-39(53)31(8)42-34(32)43(55)46(11,59-42)18-13-12-16-27(4)38(52)30(7)41(58-45(9,10)57)29(6)23-26(3)15-14-17-28(5)44(56)48-37(40(33)54)36(35)50-47/h12-15,17,25-27,29-30,38,41,49,52-54,57H,16,18-24H2,1-11H3/b13-12+,15-14+,28-17-,48-37?/t26-,27+,29+,30-,38+,41+,46+/m0/s1. The normalized spacial score (nSPS) is 31.4. The summed E-state index contributed by atoms with van der Waals surface area (Å²) in [6.45, 7) is 23.2. The highest BCUT2D eigenvalue weighted by molar-refractivity contribution is 6.22.